The minimum absolute atomic E-state index is 0.0141. The fraction of sp³-hybridized carbons (Fsp3) is 0.409. The zero-order valence-electron chi connectivity index (χ0n) is 18.9. The molecule has 1 atom stereocenters. The molecule has 0 spiro atoms. The number of nitrogens with zero attached hydrogens (tertiary/aromatic N) is 1. The fourth-order valence-electron chi connectivity index (χ4n) is 3.33. The first-order valence-corrected chi connectivity index (χ1v) is 12.8. The lowest BCUT2D eigenvalue weighted by Gasteiger charge is -2.25. The van der Waals surface area contributed by atoms with Gasteiger partial charge in [-0.3, -0.25) is 8.98 Å². The van der Waals surface area contributed by atoms with Gasteiger partial charge in [-0.1, -0.05) is 29.3 Å². The summed E-state index contributed by atoms with van der Waals surface area (Å²) in [6, 6.07) is 5.58. The molecule has 0 aromatic heterocycles. The smallest absolute Gasteiger partial charge is 0.345 e. The highest BCUT2D eigenvalue weighted by Gasteiger charge is 2.37. The van der Waals surface area contributed by atoms with Crippen molar-refractivity contribution < 1.29 is 43.7 Å². The molecule has 0 bridgehead atoms. The first-order valence-electron chi connectivity index (χ1n) is 10.2. The lowest BCUT2D eigenvalue weighted by Crippen LogP contribution is -2.33. The van der Waals surface area contributed by atoms with Crippen LogP contribution in [0.1, 0.15) is 34.6 Å². The van der Waals surface area contributed by atoms with Crippen LogP contribution in [-0.2, 0) is 37.9 Å². The van der Waals surface area contributed by atoms with Crippen LogP contribution in [0, 0.1) is 0 Å². The van der Waals surface area contributed by atoms with Gasteiger partial charge in [0.2, 0.25) is 5.91 Å². The predicted molar refractivity (Wildman–Crippen MR) is 122 cm³/mol. The quantitative estimate of drug-likeness (QED) is 0.263. The van der Waals surface area contributed by atoms with Crippen molar-refractivity contribution in [2.45, 2.75) is 31.1 Å². The number of hydrogen-bond acceptors (Lipinski definition) is 4. The summed E-state index contributed by atoms with van der Waals surface area (Å²) in [6.07, 6.45) is -9.84. The molecule has 2 aromatic rings. The molecule has 0 aliphatic rings. The molecule has 14 heteroatoms. The van der Waals surface area contributed by atoms with Gasteiger partial charge in [0.05, 0.1) is 40.5 Å². The Hall–Kier alpha value is -2.02. The summed E-state index contributed by atoms with van der Waals surface area (Å²) in [5, 5.41) is 0.446. The summed E-state index contributed by atoms with van der Waals surface area (Å²) < 4.78 is 106. The highest BCUT2D eigenvalue weighted by Crippen LogP contribution is 2.36. The van der Waals surface area contributed by atoms with Crippen molar-refractivity contribution in [3.8, 4) is 0 Å². The van der Waals surface area contributed by atoms with E-state index in [1.54, 1.807) is 6.07 Å². The van der Waals surface area contributed by atoms with Gasteiger partial charge in [-0.05, 0) is 47.9 Å². The van der Waals surface area contributed by atoms with Gasteiger partial charge in [0, 0.05) is 19.5 Å². The number of hydrogen-bond donors (Lipinski definition) is 0. The molecular formula is C22H21Cl2F6NO4S. The van der Waals surface area contributed by atoms with E-state index < -0.39 is 57.4 Å². The van der Waals surface area contributed by atoms with Crippen LogP contribution in [-0.4, -0.2) is 45.7 Å². The minimum Gasteiger partial charge on any atom is -0.345 e. The van der Waals surface area contributed by atoms with Gasteiger partial charge < -0.3 is 4.90 Å². The molecule has 0 saturated carbocycles. The maximum atomic E-state index is 13.1. The van der Waals surface area contributed by atoms with E-state index in [0.717, 1.165) is 11.2 Å². The Bertz CT molecular complexity index is 1170. The SMILES string of the molecule is CN(C[C@@H](CCOS(C)(=O)=O)c1ccc(Cl)c(Cl)c1)C(=O)Cc1cc(C(F)(F)F)cc(C(F)(F)F)c1. The number of rotatable bonds is 9. The Morgan fingerprint density at radius 2 is 1.53 bits per heavy atom. The van der Waals surface area contributed by atoms with E-state index in [-0.39, 0.29) is 35.7 Å². The maximum Gasteiger partial charge on any atom is 0.416 e. The van der Waals surface area contributed by atoms with Crippen molar-refractivity contribution in [1.29, 1.82) is 0 Å². The van der Waals surface area contributed by atoms with Gasteiger partial charge in [-0.15, -0.1) is 0 Å². The van der Waals surface area contributed by atoms with E-state index in [0.29, 0.717) is 17.7 Å². The molecule has 0 saturated heterocycles. The van der Waals surface area contributed by atoms with Crippen molar-refractivity contribution in [3.63, 3.8) is 0 Å². The lowest BCUT2D eigenvalue weighted by atomic mass is 9.95. The van der Waals surface area contributed by atoms with Gasteiger partial charge >= 0.3 is 12.4 Å². The van der Waals surface area contributed by atoms with E-state index >= 15 is 0 Å². The zero-order valence-corrected chi connectivity index (χ0v) is 21.2. The van der Waals surface area contributed by atoms with Crippen LogP contribution < -0.4 is 0 Å². The molecule has 5 nitrogen and oxygen atoms in total. The Kier molecular flexibility index (Phi) is 9.71. The number of carbonyl (C=O) groups is 1. The second-order valence-electron chi connectivity index (χ2n) is 8.05. The molecule has 0 N–H and O–H groups in total. The van der Waals surface area contributed by atoms with Crippen molar-refractivity contribution in [1.82, 2.24) is 4.90 Å². The first kappa shape index (κ1) is 30.2. The molecule has 0 fully saturated rings. The van der Waals surface area contributed by atoms with Crippen molar-refractivity contribution in [2.75, 3.05) is 26.5 Å². The van der Waals surface area contributed by atoms with E-state index in [9.17, 15) is 39.6 Å². The molecule has 1 amide bonds. The maximum absolute atomic E-state index is 13.1. The van der Waals surface area contributed by atoms with Gasteiger partial charge in [0.15, 0.2) is 0 Å². The second kappa shape index (κ2) is 11.6. The van der Waals surface area contributed by atoms with Gasteiger partial charge in [0.25, 0.3) is 10.1 Å². The standard InChI is InChI=1S/C22H21Cl2F6NO4S/c1-31(12-15(5-6-35-36(2,33)34)14-3-4-18(23)19(24)10-14)20(32)9-13-7-16(21(25,26)27)11-17(8-13)22(28,29)30/h3-4,7-8,10-11,15H,5-6,9,12H2,1-2H3/t15-/m1/s1. The molecule has 36 heavy (non-hydrogen) atoms. The third-order valence-electron chi connectivity index (χ3n) is 5.10. The van der Waals surface area contributed by atoms with Crippen molar-refractivity contribution in [2.24, 2.45) is 0 Å². The van der Waals surface area contributed by atoms with Crippen molar-refractivity contribution >= 4 is 39.2 Å². The number of alkyl halides is 6. The monoisotopic (exact) mass is 579 g/mol. The van der Waals surface area contributed by atoms with E-state index in [1.807, 2.05) is 0 Å². The summed E-state index contributed by atoms with van der Waals surface area (Å²) in [6.45, 7) is -0.302. The van der Waals surface area contributed by atoms with Gasteiger partial charge in [-0.2, -0.15) is 34.8 Å². The summed E-state index contributed by atoms with van der Waals surface area (Å²) >= 11 is 12.0. The van der Waals surface area contributed by atoms with E-state index in [4.69, 9.17) is 27.4 Å². The molecule has 0 unspecified atom stereocenters. The Labute approximate surface area is 214 Å². The molecule has 0 radical (unpaired) electrons. The van der Waals surface area contributed by atoms with E-state index in [2.05, 4.69) is 0 Å². The third-order valence-corrected chi connectivity index (χ3v) is 6.44. The van der Waals surface area contributed by atoms with Crippen LogP contribution in [0.15, 0.2) is 36.4 Å². The fourth-order valence-corrected chi connectivity index (χ4v) is 4.04. The topological polar surface area (TPSA) is 63.7 Å². The molecule has 200 valence electrons. The van der Waals surface area contributed by atoms with Crippen LogP contribution in [0.5, 0.6) is 0 Å². The zero-order chi connectivity index (χ0) is 27.5. The molecule has 0 heterocycles. The number of halogens is 8. The van der Waals surface area contributed by atoms with Gasteiger partial charge in [0.1, 0.15) is 0 Å². The first-order chi connectivity index (χ1) is 16.4. The van der Waals surface area contributed by atoms with Crippen LogP contribution in [0.2, 0.25) is 10.0 Å². The average Bonchev–Trinajstić information content (AvgIpc) is 2.72. The molecule has 0 aliphatic carbocycles. The molecular weight excluding hydrogens is 559 g/mol. The Morgan fingerprint density at radius 3 is 2.00 bits per heavy atom. The average molecular weight is 580 g/mol. The second-order valence-corrected chi connectivity index (χ2v) is 10.5. The molecule has 2 aromatic carbocycles. The summed E-state index contributed by atoms with van der Waals surface area (Å²) in [5.74, 6) is -1.29. The minimum atomic E-state index is -5.04. The number of likely N-dealkylation sites (N-methyl/N-ethyl adjacent to an activating group) is 1. The normalized spacial score (nSPS) is 13.5. The van der Waals surface area contributed by atoms with Crippen LogP contribution in [0.4, 0.5) is 26.3 Å². The Morgan fingerprint density at radius 1 is 0.972 bits per heavy atom. The molecule has 0 aliphatic heterocycles. The summed E-state index contributed by atoms with van der Waals surface area (Å²) in [5.41, 5.74) is -2.93. The van der Waals surface area contributed by atoms with Gasteiger partial charge in [-0.25, -0.2) is 0 Å². The number of amides is 1. The van der Waals surface area contributed by atoms with Crippen LogP contribution >= 0.6 is 23.2 Å². The van der Waals surface area contributed by atoms with Crippen LogP contribution in [0.25, 0.3) is 0 Å². The summed E-state index contributed by atoms with van der Waals surface area (Å²) in [7, 11) is -2.42. The summed E-state index contributed by atoms with van der Waals surface area (Å²) in [4.78, 5) is 13.9. The Balaban J connectivity index is 2.27. The largest absolute Gasteiger partial charge is 0.416 e. The third kappa shape index (κ3) is 9.13. The highest BCUT2D eigenvalue weighted by molar-refractivity contribution is 7.85. The van der Waals surface area contributed by atoms with Crippen LogP contribution in [0.3, 0.4) is 0 Å². The molecule has 2 rings (SSSR count). The van der Waals surface area contributed by atoms with E-state index in [1.165, 1.54) is 19.2 Å². The number of benzene rings is 2. The highest BCUT2D eigenvalue weighted by atomic mass is 35.5. The number of carbonyl (C=O) groups excluding carboxylic acids is 1. The lowest BCUT2D eigenvalue weighted by molar-refractivity contribution is -0.143. The predicted octanol–water partition coefficient (Wildman–Crippen LogP) is 6.18. The van der Waals surface area contributed by atoms with Crippen molar-refractivity contribution in [3.05, 3.63) is 68.7 Å².